The van der Waals surface area contributed by atoms with Gasteiger partial charge in [0.1, 0.15) is 5.15 Å². The lowest BCUT2D eigenvalue weighted by Gasteiger charge is -2.35. The Labute approximate surface area is 120 Å². The third-order valence-electron chi connectivity index (χ3n) is 3.36. The lowest BCUT2D eigenvalue weighted by Crippen LogP contribution is -2.37. The smallest absolute Gasteiger partial charge is 0.131 e. The van der Waals surface area contributed by atoms with E-state index in [2.05, 4.69) is 32.5 Å². The SMILES string of the molecule is CC(O)C1CCN(c2cc(Cl)ncc2I)CC1. The molecule has 1 aliphatic heterocycles. The van der Waals surface area contributed by atoms with Crippen LogP contribution in [0.4, 0.5) is 5.69 Å². The van der Waals surface area contributed by atoms with Gasteiger partial charge in [-0.1, -0.05) is 11.6 Å². The summed E-state index contributed by atoms with van der Waals surface area (Å²) in [6.07, 6.45) is 3.68. The Morgan fingerprint density at radius 1 is 1.53 bits per heavy atom. The monoisotopic (exact) mass is 366 g/mol. The van der Waals surface area contributed by atoms with Crippen LogP contribution in [0.15, 0.2) is 12.3 Å². The highest BCUT2D eigenvalue weighted by molar-refractivity contribution is 14.1. The van der Waals surface area contributed by atoms with E-state index in [-0.39, 0.29) is 6.10 Å². The van der Waals surface area contributed by atoms with Gasteiger partial charge in [-0.05, 0) is 54.3 Å². The highest BCUT2D eigenvalue weighted by Gasteiger charge is 2.23. The van der Waals surface area contributed by atoms with E-state index in [9.17, 15) is 5.11 Å². The van der Waals surface area contributed by atoms with Crippen LogP contribution < -0.4 is 4.90 Å². The molecule has 0 aliphatic carbocycles. The van der Waals surface area contributed by atoms with Crippen molar-refractivity contribution in [2.45, 2.75) is 25.9 Å². The molecule has 1 aromatic heterocycles. The van der Waals surface area contributed by atoms with Crippen molar-refractivity contribution in [1.82, 2.24) is 4.98 Å². The highest BCUT2D eigenvalue weighted by atomic mass is 127. The fourth-order valence-electron chi connectivity index (χ4n) is 2.27. The van der Waals surface area contributed by atoms with Crippen molar-refractivity contribution in [3.8, 4) is 0 Å². The topological polar surface area (TPSA) is 36.4 Å². The number of aliphatic hydroxyl groups is 1. The summed E-state index contributed by atoms with van der Waals surface area (Å²) in [5.41, 5.74) is 1.16. The molecular weight excluding hydrogens is 351 g/mol. The molecule has 3 nitrogen and oxygen atoms in total. The molecule has 0 spiro atoms. The maximum atomic E-state index is 9.58. The van der Waals surface area contributed by atoms with E-state index in [0.29, 0.717) is 11.1 Å². The van der Waals surface area contributed by atoms with Crippen LogP contribution >= 0.6 is 34.2 Å². The van der Waals surface area contributed by atoms with Gasteiger partial charge in [0.15, 0.2) is 0 Å². The van der Waals surface area contributed by atoms with Crippen LogP contribution in [-0.2, 0) is 0 Å². The number of hydrogen-bond donors (Lipinski definition) is 1. The van der Waals surface area contributed by atoms with Gasteiger partial charge in [0.05, 0.1) is 15.4 Å². The number of nitrogens with zero attached hydrogens (tertiary/aromatic N) is 2. The minimum Gasteiger partial charge on any atom is -0.393 e. The Balaban J connectivity index is 2.07. The molecule has 0 amide bonds. The maximum Gasteiger partial charge on any atom is 0.131 e. The lowest BCUT2D eigenvalue weighted by atomic mass is 9.92. The molecule has 0 radical (unpaired) electrons. The van der Waals surface area contributed by atoms with Gasteiger partial charge in [0, 0.05) is 19.3 Å². The second-order valence-electron chi connectivity index (χ2n) is 4.52. The second kappa shape index (κ2) is 5.71. The summed E-state index contributed by atoms with van der Waals surface area (Å²) < 4.78 is 1.13. The number of anilines is 1. The van der Waals surface area contributed by atoms with Gasteiger partial charge in [-0.25, -0.2) is 4.98 Å². The molecule has 2 rings (SSSR count). The van der Waals surface area contributed by atoms with Gasteiger partial charge in [-0.2, -0.15) is 0 Å². The van der Waals surface area contributed by atoms with Gasteiger partial charge in [-0.15, -0.1) is 0 Å². The quantitative estimate of drug-likeness (QED) is 0.646. The molecule has 1 unspecified atom stereocenters. The zero-order valence-electron chi connectivity index (χ0n) is 9.74. The van der Waals surface area contributed by atoms with E-state index in [0.717, 1.165) is 35.2 Å². The molecule has 0 saturated carbocycles. The number of piperidine rings is 1. The molecule has 0 bridgehead atoms. The van der Waals surface area contributed by atoms with Crippen LogP contribution in [0.3, 0.4) is 0 Å². The largest absolute Gasteiger partial charge is 0.393 e. The predicted molar refractivity (Wildman–Crippen MR) is 78.6 cm³/mol. The molecule has 1 saturated heterocycles. The second-order valence-corrected chi connectivity index (χ2v) is 6.07. The van der Waals surface area contributed by atoms with Crippen LogP contribution in [0, 0.1) is 9.49 Å². The molecule has 1 atom stereocenters. The maximum absolute atomic E-state index is 9.58. The first-order valence-corrected chi connectivity index (χ1v) is 7.27. The third-order valence-corrected chi connectivity index (χ3v) is 4.40. The summed E-state index contributed by atoms with van der Waals surface area (Å²) in [4.78, 5) is 6.40. The summed E-state index contributed by atoms with van der Waals surface area (Å²) >= 11 is 8.22. The van der Waals surface area contributed by atoms with E-state index in [4.69, 9.17) is 11.6 Å². The average Bonchev–Trinajstić information content (AvgIpc) is 2.32. The normalized spacial score (nSPS) is 19.4. The van der Waals surface area contributed by atoms with Crippen LogP contribution in [0.5, 0.6) is 0 Å². The van der Waals surface area contributed by atoms with Gasteiger partial charge in [-0.3, -0.25) is 0 Å². The number of hydrogen-bond acceptors (Lipinski definition) is 3. The number of halogens is 2. The van der Waals surface area contributed by atoms with E-state index in [1.54, 1.807) is 6.20 Å². The Morgan fingerprint density at radius 3 is 2.76 bits per heavy atom. The molecule has 1 aromatic rings. The Hall–Kier alpha value is -0.0700. The molecule has 94 valence electrons. The molecule has 1 fully saturated rings. The zero-order valence-corrected chi connectivity index (χ0v) is 12.6. The number of aromatic nitrogens is 1. The van der Waals surface area contributed by atoms with Crippen LogP contribution in [0.25, 0.3) is 0 Å². The first-order chi connectivity index (χ1) is 8.08. The van der Waals surface area contributed by atoms with E-state index >= 15 is 0 Å². The standard InChI is InChI=1S/C12H16ClIN2O/c1-8(17)9-2-4-16(5-3-9)11-6-12(13)15-7-10(11)14/h6-9,17H,2-5H2,1H3. The third kappa shape index (κ3) is 3.23. The van der Waals surface area contributed by atoms with Gasteiger partial charge in [0.25, 0.3) is 0 Å². The van der Waals surface area contributed by atoms with E-state index in [1.807, 2.05) is 13.0 Å². The fourth-order valence-corrected chi connectivity index (χ4v) is 3.06. The lowest BCUT2D eigenvalue weighted by molar-refractivity contribution is 0.110. The first kappa shape index (κ1) is 13.4. The number of pyridine rings is 1. The van der Waals surface area contributed by atoms with Crippen LogP contribution in [-0.4, -0.2) is 29.3 Å². The van der Waals surface area contributed by atoms with Gasteiger partial charge < -0.3 is 10.0 Å². The van der Waals surface area contributed by atoms with Crippen molar-refractivity contribution in [3.05, 3.63) is 21.0 Å². The van der Waals surface area contributed by atoms with Gasteiger partial charge >= 0.3 is 0 Å². The van der Waals surface area contributed by atoms with Crippen molar-refractivity contribution < 1.29 is 5.11 Å². The minimum absolute atomic E-state index is 0.197. The van der Waals surface area contributed by atoms with Crippen molar-refractivity contribution in [1.29, 1.82) is 0 Å². The van der Waals surface area contributed by atoms with Crippen molar-refractivity contribution in [2.75, 3.05) is 18.0 Å². The number of aliphatic hydroxyl groups excluding tert-OH is 1. The molecule has 5 heteroatoms. The molecule has 1 aliphatic rings. The Kier molecular flexibility index (Phi) is 4.49. The average molecular weight is 367 g/mol. The predicted octanol–water partition coefficient (Wildman–Crippen LogP) is 2.94. The summed E-state index contributed by atoms with van der Waals surface area (Å²) in [6, 6.07) is 1.92. The summed E-state index contributed by atoms with van der Waals surface area (Å²) in [5.74, 6) is 0.432. The molecular formula is C12H16ClIN2O. The number of rotatable bonds is 2. The van der Waals surface area contributed by atoms with Crippen LogP contribution in [0.2, 0.25) is 5.15 Å². The molecule has 0 aromatic carbocycles. The summed E-state index contributed by atoms with van der Waals surface area (Å²) in [5, 5.41) is 10.1. The zero-order chi connectivity index (χ0) is 12.4. The Morgan fingerprint density at radius 2 is 2.18 bits per heavy atom. The molecule has 2 heterocycles. The fraction of sp³-hybridized carbons (Fsp3) is 0.583. The molecule has 1 N–H and O–H groups in total. The first-order valence-electron chi connectivity index (χ1n) is 5.82. The van der Waals surface area contributed by atoms with Crippen molar-refractivity contribution in [2.24, 2.45) is 5.92 Å². The minimum atomic E-state index is -0.197. The van der Waals surface area contributed by atoms with Crippen molar-refractivity contribution >= 4 is 39.9 Å². The summed E-state index contributed by atoms with van der Waals surface area (Å²) in [7, 11) is 0. The van der Waals surface area contributed by atoms with E-state index < -0.39 is 0 Å². The van der Waals surface area contributed by atoms with Gasteiger partial charge in [0.2, 0.25) is 0 Å². The van der Waals surface area contributed by atoms with Crippen molar-refractivity contribution in [3.63, 3.8) is 0 Å². The Bertz CT molecular complexity index is 392. The summed E-state index contributed by atoms with van der Waals surface area (Å²) in [6.45, 7) is 3.84. The molecule has 17 heavy (non-hydrogen) atoms. The van der Waals surface area contributed by atoms with Crippen LogP contribution in [0.1, 0.15) is 19.8 Å². The van der Waals surface area contributed by atoms with E-state index in [1.165, 1.54) is 0 Å². The highest BCUT2D eigenvalue weighted by Crippen LogP contribution is 2.29.